The van der Waals surface area contributed by atoms with Crippen LogP contribution in [0.4, 0.5) is 4.39 Å². The Morgan fingerprint density at radius 1 is 1.57 bits per heavy atom. The lowest BCUT2D eigenvalue weighted by Crippen LogP contribution is -2.18. The summed E-state index contributed by atoms with van der Waals surface area (Å²) in [5.41, 5.74) is 1.21. The first-order chi connectivity index (χ1) is 6.63. The first kappa shape index (κ1) is 10.4. The van der Waals surface area contributed by atoms with Gasteiger partial charge in [-0.15, -0.1) is 0 Å². The molecule has 3 nitrogen and oxygen atoms in total. The van der Waals surface area contributed by atoms with Gasteiger partial charge in [-0.2, -0.15) is 0 Å². The molecule has 0 fully saturated rings. The zero-order valence-electron chi connectivity index (χ0n) is 8.21. The van der Waals surface area contributed by atoms with Gasteiger partial charge in [0.15, 0.2) is 0 Å². The molecule has 1 aromatic rings. The minimum absolute atomic E-state index is 0.359. The molecule has 0 saturated carbocycles. The molecule has 0 aliphatic rings. The zero-order chi connectivity index (χ0) is 10.6. The van der Waals surface area contributed by atoms with Crippen LogP contribution in [0, 0.1) is 5.82 Å². The van der Waals surface area contributed by atoms with Crippen molar-refractivity contribution in [3.05, 3.63) is 36.4 Å². The molecule has 0 saturated heterocycles. The smallest absolute Gasteiger partial charge is 0.141 e. The van der Waals surface area contributed by atoms with Crippen LogP contribution >= 0.6 is 0 Å². The van der Waals surface area contributed by atoms with Gasteiger partial charge in [0, 0.05) is 7.05 Å². The molecule has 74 valence electrons. The zero-order valence-corrected chi connectivity index (χ0v) is 8.21. The third-order valence-corrected chi connectivity index (χ3v) is 1.70. The van der Waals surface area contributed by atoms with Gasteiger partial charge in [-0.05, 0) is 19.1 Å². The number of hydrogen-bond acceptors (Lipinski definition) is 2. The molecule has 14 heavy (non-hydrogen) atoms. The number of rotatable bonds is 2. The maximum atomic E-state index is 12.5. The molecule has 1 aromatic heterocycles. The predicted octanol–water partition coefficient (Wildman–Crippen LogP) is 1.83. The second kappa shape index (κ2) is 4.50. The summed E-state index contributed by atoms with van der Waals surface area (Å²) >= 11 is 0. The van der Waals surface area contributed by atoms with E-state index in [2.05, 4.69) is 21.9 Å². The highest BCUT2D eigenvalue weighted by Crippen LogP contribution is 2.06. The van der Waals surface area contributed by atoms with Gasteiger partial charge >= 0.3 is 0 Å². The summed E-state index contributed by atoms with van der Waals surface area (Å²) in [7, 11) is 1.67. The summed E-state index contributed by atoms with van der Waals surface area (Å²) in [6, 6.07) is 2.90. The molecule has 0 radical (unpaired) electrons. The van der Waals surface area contributed by atoms with Crippen molar-refractivity contribution in [1.82, 2.24) is 10.3 Å². The van der Waals surface area contributed by atoms with Gasteiger partial charge in [0.1, 0.15) is 5.82 Å². The third-order valence-electron chi connectivity index (χ3n) is 1.70. The van der Waals surface area contributed by atoms with Gasteiger partial charge in [0.05, 0.1) is 23.4 Å². The Balaban J connectivity index is 2.75. The number of nitrogens with zero attached hydrogens (tertiary/aromatic N) is 2. The Bertz CT molecular complexity index is 354. The topological polar surface area (TPSA) is 37.3 Å². The summed E-state index contributed by atoms with van der Waals surface area (Å²) in [6.45, 7) is 5.58. The van der Waals surface area contributed by atoms with Crippen LogP contribution in [0.3, 0.4) is 0 Å². The van der Waals surface area contributed by atoms with Crippen molar-refractivity contribution in [1.29, 1.82) is 0 Å². The van der Waals surface area contributed by atoms with E-state index in [4.69, 9.17) is 0 Å². The van der Waals surface area contributed by atoms with E-state index in [1.54, 1.807) is 13.1 Å². The number of pyridine rings is 1. The number of aromatic nitrogens is 1. The number of aliphatic imine (C=N–C) groups is 1. The van der Waals surface area contributed by atoms with Gasteiger partial charge in [-0.1, -0.05) is 6.58 Å². The molecular weight excluding hydrogens is 181 g/mol. The summed E-state index contributed by atoms with van der Waals surface area (Å²) in [5, 5.41) is 2.94. The van der Waals surface area contributed by atoms with Crippen LogP contribution in [0.2, 0.25) is 0 Å². The maximum absolute atomic E-state index is 12.5. The Morgan fingerprint density at radius 3 is 2.79 bits per heavy atom. The molecule has 1 heterocycles. The molecule has 0 bridgehead atoms. The van der Waals surface area contributed by atoms with Crippen molar-refractivity contribution in [2.45, 2.75) is 6.92 Å². The molecule has 0 aromatic carbocycles. The predicted molar refractivity (Wildman–Crippen MR) is 55.4 cm³/mol. The molecule has 1 N–H and O–H groups in total. The molecule has 4 heteroatoms. The molecule has 0 spiro atoms. The summed E-state index contributed by atoms with van der Waals surface area (Å²) in [6.07, 6.45) is 1.15. The Morgan fingerprint density at radius 2 is 2.29 bits per heavy atom. The summed E-state index contributed by atoms with van der Waals surface area (Å²) < 4.78 is 12.5. The quantitative estimate of drug-likeness (QED) is 0.574. The van der Waals surface area contributed by atoms with Crippen LogP contribution in [-0.2, 0) is 0 Å². The van der Waals surface area contributed by atoms with Crippen LogP contribution in [0.1, 0.15) is 12.6 Å². The van der Waals surface area contributed by atoms with E-state index < -0.39 is 0 Å². The highest BCUT2D eigenvalue weighted by atomic mass is 19.1. The first-order valence-electron chi connectivity index (χ1n) is 4.14. The molecule has 0 atom stereocenters. The lowest BCUT2D eigenvalue weighted by molar-refractivity contribution is 0.621. The van der Waals surface area contributed by atoms with Crippen molar-refractivity contribution in [2.24, 2.45) is 4.99 Å². The van der Waals surface area contributed by atoms with Crippen molar-refractivity contribution >= 4 is 11.5 Å². The van der Waals surface area contributed by atoms with Crippen LogP contribution in [0.5, 0.6) is 0 Å². The van der Waals surface area contributed by atoms with Crippen LogP contribution in [0.25, 0.3) is 5.70 Å². The first-order valence-corrected chi connectivity index (χ1v) is 4.14. The molecule has 1 rings (SSSR count). The minimum atomic E-state index is -0.359. The average molecular weight is 193 g/mol. The van der Waals surface area contributed by atoms with Crippen molar-refractivity contribution < 1.29 is 4.39 Å². The second-order valence-electron chi connectivity index (χ2n) is 2.77. The highest BCUT2D eigenvalue weighted by Gasteiger charge is 2.00. The van der Waals surface area contributed by atoms with E-state index in [0.717, 1.165) is 12.0 Å². The monoisotopic (exact) mass is 193 g/mol. The average Bonchev–Trinajstić information content (AvgIpc) is 2.18. The molecule has 0 aliphatic heterocycles. The number of nitrogens with one attached hydrogen (secondary N) is 1. The summed E-state index contributed by atoms with van der Waals surface area (Å²) in [4.78, 5) is 7.79. The van der Waals surface area contributed by atoms with Gasteiger partial charge in [-0.25, -0.2) is 4.39 Å². The number of amidine groups is 1. The van der Waals surface area contributed by atoms with Crippen molar-refractivity contribution in [3.63, 3.8) is 0 Å². The summed E-state index contributed by atoms with van der Waals surface area (Å²) in [5.74, 6) is 0.378. The Kier molecular flexibility index (Phi) is 3.34. The van der Waals surface area contributed by atoms with Gasteiger partial charge in [0.2, 0.25) is 0 Å². The fraction of sp³-hybridized carbons (Fsp3) is 0.200. The van der Waals surface area contributed by atoms with E-state index >= 15 is 0 Å². The van der Waals surface area contributed by atoms with E-state index in [1.165, 1.54) is 6.07 Å². The molecule has 0 aliphatic carbocycles. The SMILES string of the molecule is C=C(NC(C)=NC)c1ccc(F)cn1. The van der Waals surface area contributed by atoms with Crippen LogP contribution < -0.4 is 5.32 Å². The van der Waals surface area contributed by atoms with Gasteiger partial charge < -0.3 is 5.32 Å². The van der Waals surface area contributed by atoms with Gasteiger partial charge in [-0.3, -0.25) is 9.98 Å². The highest BCUT2D eigenvalue weighted by molar-refractivity contribution is 5.87. The fourth-order valence-electron chi connectivity index (χ4n) is 0.893. The lowest BCUT2D eigenvalue weighted by atomic mass is 10.3. The van der Waals surface area contributed by atoms with Crippen molar-refractivity contribution in [2.75, 3.05) is 7.05 Å². The van der Waals surface area contributed by atoms with E-state index in [0.29, 0.717) is 11.4 Å². The molecule has 0 unspecified atom stereocenters. The van der Waals surface area contributed by atoms with Crippen LogP contribution in [-0.4, -0.2) is 17.9 Å². The second-order valence-corrected chi connectivity index (χ2v) is 2.77. The largest absolute Gasteiger partial charge is 0.343 e. The lowest BCUT2D eigenvalue weighted by Gasteiger charge is -2.07. The normalized spacial score (nSPS) is 11.2. The van der Waals surface area contributed by atoms with E-state index in [1.807, 2.05) is 6.92 Å². The number of hydrogen-bond donors (Lipinski definition) is 1. The fourth-order valence-corrected chi connectivity index (χ4v) is 0.893. The number of halogens is 1. The van der Waals surface area contributed by atoms with E-state index in [9.17, 15) is 4.39 Å². The standard InChI is InChI=1S/C10H12FN3/c1-7(14-8(2)12-3)10-5-4-9(11)6-13-10/h4-6H,1H2,2-3H3,(H,12,14). The third kappa shape index (κ3) is 2.65. The van der Waals surface area contributed by atoms with Crippen LogP contribution in [0.15, 0.2) is 29.9 Å². The van der Waals surface area contributed by atoms with Crippen molar-refractivity contribution in [3.8, 4) is 0 Å². The minimum Gasteiger partial charge on any atom is -0.343 e. The molecular formula is C10H12FN3. The van der Waals surface area contributed by atoms with Gasteiger partial charge in [0.25, 0.3) is 0 Å². The Hall–Kier alpha value is -1.71. The van der Waals surface area contributed by atoms with E-state index in [-0.39, 0.29) is 5.82 Å². The Labute approximate surface area is 82.4 Å². The maximum Gasteiger partial charge on any atom is 0.141 e. The molecule has 0 amide bonds.